The van der Waals surface area contributed by atoms with Crippen LogP contribution in [0.3, 0.4) is 0 Å². The molecule has 6 heteroatoms. The zero-order valence-electron chi connectivity index (χ0n) is 15.9. The first kappa shape index (κ1) is 19.5. The van der Waals surface area contributed by atoms with Crippen LogP contribution in [-0.4, -0.2) is 43.0 Å². The lowest BCUT2D eigenvalue weighted by atomic mass is 9.99. The van der Waals surface area contributed by atoms with E-state index in [0.29, 0.717) is 17.9 Å². The SMILES string of the molecule is CN(C)CCNC(=O)c1cccc(-c2cnc(N)c(-c3ccc(F)cc3)c2)c1. The summed E-state index contributed by atoms with van der Waals surface area (Å²) < 4.78 is 13.2. The number of nitrogens with one attached hydrogen (secondary N) is 1. The molecule has 0 aliphatic rings. The van der Waals surface area contributed by atoms with Gasteiger partial charge in [0.1, 0.15) is 11.6 Å². The fourth-order valence-corrected chi connectivity index (χ4v) is 2.83. The van der Waals surface area contributed by atoms with Gasteiger partial charge in [0.2, 0.25) is 0 Å². The third kappa shape index (κ3) is 4.72. The molecule has 3 N–H and O–H groups in total. The summed E-state index contributed by atoms with van der Waals surface area (Å²) >= 11 is 0. The number of aromatic nitrogens is 1. The molecular formula is C22H23FN4O. The van der Waals surface area contributed by atoms with Crippen LogP contribution in [0, 0.1) is 5.82 Å². The van der Waals surface area contributed by atoms with E-state index >= 15 is 0 Å². The Kier molecular flexibility index (Phi) is 6.01. The molecule has 1 aromatic heterocycles. The first-order valence-electron chi connectivity index (χ1n) is 8.99. The highest BCUT2D eigenvalue weighted by Gasteiger charge is 2.10. The van der Waals surface area contributed by atoms with Crippen molar-refractivity contribution in [3.63, 3.8) is 0 Å². The van der Waals surface area contributed by atoms with Crippen LogP contribution in [0.4, 0.5) is 10.2 Å². The Labute approximate surface area is 164 Å². The zero-order chi connectivity index (χ0) is 20.1. The van der Waals surface area contributed by atoms with Gasteiger partial charge in [0, 0.05) is 36.0 Å². The minimum atomic E-state index is -0.306. The van der Waals surface area contributed by atoms with E-state index in [2.05, 4.69) is 10.3 Å². The van der Waals surface area contributed by atoms with Crippen molar-refractivity contribution in [2.45, 2.75) is 0 Å². The predicted molar refractivity (Wildman–Crippen MR) is 110 cm³/mol. The number of hydrogen-bond donors (Lipinski definition) is 2. The number of pyridine rings is 1. The van der Waals surface area contributed by atoms with Crippen LogP contribution in [0.25, 0.3) is 22.3 Å². The lowest BCUT2D eigenvalue weighted by molar-refractivity contribution is 0.0951. The van der Waals surface area contributed by atoms with E-state index < -0.39 is 0 Å². The smallest absolute Gasteiger partial charge is 0.251 e. The topological polar surface area (TPSA) is 71.2 Å². The van der Waals surface area contributed by atoms with Crippen LogP contribution < -0.4 is 11.1 Å². The highest BCUT2D eigenvalue weighted by Crippen LogP contribution is 2.30. The number of amides is 1. The summed E-state index contributed by atoms with van der Waals surface area (Å²) in [4.78, 5) is 18.7. The molecule has 0 aliphatic carbocycles. The van der Waals surface area contributed by atoms with Gasteiger partial charge in [0.15, 0.2) is 0 Å². The van der Waals surface area contributed by atoms with Gasteiger partial charge >= 0.3 is 0 Å². The van der Waals surface area contributed by atoms with Gasteiger partial charge in [0.05, 0.1) is 0 Å². The Balaban J connectivity index is 1.87. The number of rotatable bonds is 6. The van der Waals surface area contributed by atoms with Crippen molar-refractivity contribution in [1.29, 1.82) is 0 Å². The van der Waals surface area contributed by atoms with Crippen molar-refractivity contribution < 1.29 is 9.18 Å². The number of likely N-dealkylation sites (N-methyl/N-ethyl adjacent to an activating group) is 1. The van der Waals surface area contributed by atoms with Crippen LogP contribution in [0.5, 0.6) is 0 Å². The van der Waals surface area contributed by atoms with E-state index in [4.69, 9.17) is 5.73 Å². The molecule has 0 unspecified atom stereocenters. The fraction of sp³-hybridized carbons (Fsp3) is 0.182. The molecule has 2 aromatic carbocycles. The van der Waals surface area contributed by atoms with Gasteiger partial charge in [-0.2, -0.15) is 0 Å². The summed E-state index contributed by atoms with van der Waals surface area (Å²) in [6.07, 6.45) is 1.67. The number of carbonyl (C=O) groups is 1. The first-order chi connectivity index (χ1) is 13.4. The van der Waals surface area contributed by atoms with E-state index in [1.807, 2.05) is 43.3 Å². The van der Waals surface area contributed by atoms with Crippen LogP contribution in [0.2, 0.25) is 0 Å². The molecular weight excluding hydrogens is 355 g/mol. The predicted octanol–water partition coefficient (Wildman–Crippen LogP) is 3.43. The van der Waals surface area contributed by atoms with Crippen LogP contribution >= 0.6 is 0 Å². The molecule has 28 heavy (non-hydrogen) atoms. The molecule has 3 aromatic rings. The Bertz CT molecular complexity index is 971. The number of nitrogens with zero attached hydrogens (tertiary/aromatic N) is 2. The number of anilines is 1. The maximum absolute atomic E-state index is 13.2. The van der Waals surface area contributed by atoms with Gasteiger partial charge in [-0.05, 0) is 55.6 Å². The zero-order valence-corrected chi connectivity index (χ0v) is 15.9. The molecule has 0 bridgehead atoms. The monoisotopic (exact) mass is 378 g/mol. The molecule has 1 amide bonds. The van der Waals surface area contributed by atoms with Crippen molar-refractivity contribution >= 4 is 11.7 Å². The van der Waals surface area contributed by atoms with Crippen LogP contribution in [-0.2, 0) is 0 Å². The molecule has 0 aliphatic heterocycles. The summed E-state index contributed by atoms with van der Waals surface area (Å²) in [5.41, 5.74) is 9.79. The minimum Gasteiger partial charge on any atom is -0.383 e. The van der Waals surface area contributed by atoms with Gasteiger partial charge in [-0.25, -0.2) is 9.37 Å². The average Bonchev–Trinajstić information content (AvgIpc) is 2.69. The second-order valence-electron chi connectivity index (χ2n) is 6.80. The Morgan fingerprint density at radius 2 is 1.82 bits per heavy atom. The average molecular weight is 378 g/mol. The van der Waals surface area contributed by atoms with Gasteiger partial charge in [0.25, 0.3) is 5.91 Å². The van der Waals surface area contributed by atoms with Crippen LogP contribution in [0.15, 0.2) is 60.8 Å². The minimum absolute atomic E-state index is 0.120. The van der Waals surface area contributed by atoms with Gasteiger partial charge in [-0.3, -0.25) is 4.79 Å². The summed E-state index contributed by atoms with van der Waals surface area (Å²) in [7, 11) is 3.92. The Morgan fingerprint density at radius 1 is 1.07 bits per heavy atom. The van der Waals surface area contributed by atoms with E-state index in [0.717, 1.165) is 28.8 Å². The number of nitrogen functional groups attached to an aromatic ring is 1. The maximum atomic E-state index is 13.2. The molecule has 0 saturated carbocycles. The normalized spacial score (nSPS) is 10.9. The highest BCUT2D eigenvalue weighted by atomic mass is 19.1. The summed E-state index contributed by atoms with van der Waals surface area (Å²) in [5.74, 6) is -0.0572. The lowest BCUT2D eigenvalue weighted by Gasteiger charge is -2.12. The second-order valence-corrected chi connectivity index (χ2v) is 6.80. The quantitative estimate of drug-likeness (QED) is 0.689. The van der Waals surface area contributed by atoms with E-state index in [-0.39, 0.29) is 11.7 Å². The van der Waals surface area contributed by atoms with Crippen molar-refractivity contribution in [2.24, 2.45) is 0 Å². The van der Waals surface area contributed by atoms with E-state index in [9.17, 15) is 9.18 Å². The number of nitrogens with two attached hydrogens (primary N) is 1. The summed E-state index contributed by atoms with van der Waals surface area (Å²) in [6.45, 7) is 1.35. The fourth-order valence-electron chi connectivity index (χ4n) is 2.83. The van der Waals surface area contributed by atoms with Gasteiger partial charge < -0.3 is 16.0 Å². The number of benzene rings is 2. The molecule has 0 atom stereocenters. The van der Waals surface area contributed by atoms with Crippen molar-refractivity contribution in [3.8, 4) is 22.3 Å². The van der Waals surface area contributed by atoms with Crippen molar-refractivity contribution in [2.75, 3.05) is 32.9 Å². The number of halogens is 1. The van der Waals surface area contributed by atoms with Gasteiger partial charge in [-0.15, -0.1) is 0 Å². The molecule has 0 spiro atoms. The third-order valence-electron chi connectivity index (χ3n) is 4.38. The molecule has 0 radical (unpaired) electrons. The Morgan fingerprint density at radius 3 is 2.54 bits per heavy atom. The summed E-state index contributed by atoms with van der Waals surface area (Å²) in [6, 6.07) is 15.4. The van der Waals surface area contributed by atoms with Crippen molar-refractivity contribution in [3.05, 3.63) is 72.2 Å². The standard InChI is InChI=1S/C22H23FN4O/c1-27(2)11-10-25-22(28)17-5-3-4-16(12-17)18-13-20(21(24)26-14-18)15-6-8-19(23)9-7-15/h3-9,12-14H,10-11H2,1-2H3,(H2,24,26)(H,25,28). The number of hydrogen-bond acceptors (Lipinski definition) is 4. The van der Waals surface area contributed by atoms with E-state index in [1.165, 1.54) is 12.1 Å². The van der Waals surface area contributed by atoms with Crippen molar-refractivity contribution in [1.82, 2.24) is 15.2 Å². The molecule has 3 rings (SSSR count). The molecule has 144 valence electrons. The maximum Gasteiger partial charge on any atom is 0.251 e. The molecule has 1 heterocycles. The van der Waals surface area contributed by atoms with Gasteiger partial charge in [-0.1, -0.05) is 24.3 Å². The summed E-state index contributed by atoms with van der Waals surface area (Å²) in [5, 5.41) is 2.91. The molecule has 0 saturated heterocycles. The van der Waals surface area contributed by atoms with E-state index in [1.54, 1.807) is 24.4 Å². The molecule has 5 nitrogen and oxygen atoms in total. The first-order valence-corrected chi connectivity index (χ1v) is 8.99. The Hall–Kier alpha value is -3.25. The largest absolute Gasteiger partial charge is 0.383 e. The number of carbonyl (C=O) groups excluding carboxylic acids is 1. The lowest BCUT2D eigenvalue weighted by Crippen LogP contribution is -2.31. The third-order valence-corrected chi connectivity index (χ3v) is 4.38. The molecule has 0 fully saturated rings. The van der Waals surface area contributed by atoms with Crippen LogP contribution in [0.1, 0.15) is 10.4 Å². The second kappa shape index (κ2) is 8.63. The highest BCUT2D eigenvalue weighted by molar-refractivity contribution is 5.95.